The maximum Gasteiger partial charge on any atom is 0.329 e. The molecule has 1 rings (SSSR count). The van der Waals surface area contributed by atoms with Crippen LogP contribution in [0.15, 0.2) is 18.2 Å². The van der Waals surface area contributed by atoms with E-state index in [9.17, 15) is 14.7 Å². The van der Waals surface area contributed by atoms with Gasteiger partial charge in [-0.15, -0.1) is 0 Å². The van der Waals surface area contributed by atoms with Crippen LogP contribution < -0.4 is 5.32 Å². The lowest BCUT2D eigenvalue weighted by molar-refractivity contribution is -0.144. The Morgan fingerprint density at radius 2 is 1.84 bits per heavy atom. The highest BCUT2D eigenvalue weighted by Crippen LogP contribution is 2.26. The van der Waals surface area contributed by atoms with Crippen molar-refractivity contribution in [2.75, 3.05) is 0 Å². The van der Waals surface area contributed by atoms with Crippen LogP contribution in [0.2, 0.25) is 10.0 Å². The van der Waals surface area contributed by atoms with Crippen molar-refractivity contribution in [3.63, 3.8) is 0 Å². The highest BCUT2D eigenvalue weighted by Gasteiger charge is 2.37. The van der Waals surface area contributed by atoms with E-state index >= 15 is 0 Å². The molecule has 6 heteroatoms. The second kappa shape index (κ2) is 6.26. The molecule has 0 aliphatic heterocycles. The molecular weight excluding hydrogens is 289 g/mol. The number of aliphatic carboxylic acids is 1. The zero-order chi connectivity index (χ0) is 14.6. The number of nitrogens with one attached hydrogen (secondary N) is 1. The SMILES string of the molecule is CCC(CC)(NC(=O)c1cccc(Cl)c1Cl)C(=O)O. The van der Waals surface area contributed by atoms with Crippen LogP contribution in [0.4, 0.5) is 0 Å². The molecule has 0 saturated heterocycles. The molecule has 0 unspecified atom stereocenters. The van der Waals surface area contributed by atoms with Gasteiger partial charge in [0.1, 0.15) is 5.54 Å². The van der Waals surface area contributed by atoms with Crippen LogP contribution in [0.1, 0.15) is 37.0 Å². The first-order chi connectivity index (χ1) is 8.88. The average molecular weight is 304 g/mol. The third-order valence-corrected chi connectivity index (χ3v) is 3.98. The topological polar surface area (TPSA) is 66.4 Å². The van der Waals surface area contributed by atoms with Crippen molar-refractivity contribution < 1.29 is 14.7 Å². The van der Waals surface area contributed by atoms with Crippen molar-refractivity contribution in [1.82, 2.24) is 5.32 Å². The van der Waals surface area contributed by atoms with Crippen molar-refractivity contribution in [3.05, 3.63) is 33.8 Å². The smallest absolute Gasteiger partial charge is 0.329 e. The number of carboxylic acids is 1. The van der Waals surface area contributed by atoms with E-state index in [-0.39, 0.29) is 28.5 Å². The molecule has 0 atom stereocenters. The van der Waals surface area contributed by atoms with Crippen LogP contribution in [0.3, 0.4) is 0 Å². The van der Waals surface area contributed by atoms with Gasteiger partial charge in [-0.2, -0.15) is 0 Å². The second-order valence-electron chi connectivity index (χ2n) is 4.15. The summed E-state index contributed by atoms with van der Waals surface area (Å²) in [4.78, 5) is 23.5. The van der Waals surface area contributed by atoms with E-state index < -0.39 is 17.4 Å². The predicted molar refractivity (Wildman–Crippen MR) is 74.9 cm³/mol. The van der Waals surface area contributed by atoms with Crippen molar-refractivity contribution in [2.45, 2.75) is 32.2 Å². The molecule has 0 saturated carbocycles. The van der Waals surface area contributed by atoms with E-state index in [1.165, 1.54) is 6.07 Å². The van der Waals surface area contributed by atoms with Gasteiger partial charge in [-0.1, -0.05) is 43.1 Å². The maximum absolute atomic E-state index is 12.1. The molecule has 0 spiro atoms. The van der Waals surface area contributed by atoms with E-state index in [1.54, 1.807) is 26.0 Å². The summed E-state index contributed by atoms with van der Waals surface area (Å²) >= 11 is 11.8. The van der Waals surface area contributed by atoms with Gasteiger partial charge in [-0.25, -0.2) is 4.79 Å². The van der Waals surface area contributed by atoms with E-state index in [2.05, 4.69) is 5.32 Å². The largest absolute Gasteiger partial charge is 0.480 e. The van der Waals surface area contributed by atoms with Crippen LogP contribution in [-0.4, -0.2) is 22.5 Å². The normalized spacial score (nSPS) is 11.2. The van der Waals surface area contributed by atoms with Gasteiger partial charge >= 0.3 is 5.97 Å². The minimum atomic E-state index is -1.29. The summed E-state index contributed by atoms with van der Waals surface area (Å²) in [6.07, 6.45) is 0.561. The number of amides is 1. The van der Waals surface area contributed by atoms with Crippen LogP contribution in [0, 0.1) is 0 Å². The molecule has 104 valence electrons. The first-order valence-corrected chi connectivity index (χ1v) is 6.63. The molecule has 0 aliphatic carbocycles. The monoisotopic (exact) mass is 303 g/mol. The number of carboxylic acid groups (broad SMARTS) is 1. The molecule has 0 aliphatic rings. The minimum absolute atomic E-state index is 0.119. The Hall–Kier alpha value is -1.26. The summed E-state index contributed by atoms with van der Waals surface area (Å²) in [5, 5.41) is 12.2. The van der Waals surface area contributed by atoms with Crippen LogP contribution in [-0.2, 0) is 4.79 Å². The Morgan fingerprint density at radius 1 is 1.26 bits per heavy atom. The second-order valence-corrected chi connectivity index (χ2v) is 4.94. The third kappa shape index (κ3) is 3.19. The fourth-order valence-electron chi connectivity index (χ4n) is 1.75. The Morgan fingerprint density at radius 3 is 2.32 bits per heavy atom. The number of hydrogen-bond acceptors (Lipinski definition) is 2. The molecule has 2 N–H and O–H groups in total. The standard InChI is InChI=1S/C13H15Cl2NO3/c1-3-13(4-2,12(18)19)16-11(17)8-6-5-7-9(14)10(8)15/h5-7H,3-4H2,1-2H3,(H,16,17)(H,18,19). The van der Waals surface area contributed by atoms with Gasteiger partial charge in [0.05, 0.1) is 15.6 Å². The first-order valence-electron chi connectivity index (χ1n) is 5.88. The molecule has 1 aromatic carbocycles. The van der Waals surface area contributed by atoms with Gasteiger partial charge in [-0.3, -0.25) is 4.79 Å². The fraction of sp³-hybridized carbons (Fsp3) is 0.385. The minimum Gasteiger partial charge on any atom is -0.480 e. The van der Waals surface area contributed by atoms with Gasteiger partial charge in [-0.05, 0) is 25.0 Å². The number of benzene rings is 1. The molecule has 0 radical (unpaired) electrons. The lowest BCUT2D eigenvalue weighted by Crippen LogP contribution is -2.53. The Bertz CT molecular complexity index is 499. The lowest BCUT2D eigenvalue weighted by Gasteiger charge is -2.28. The Kier molecular flexibility index (Phi) is 5.20. The number of halogens is 2. The number of rotatable bonds is 5. The Balaban J connectivity index is 3.08. The molecule has 4 nitrogen and oxygen atoms in total. The quantitative estimate of drug-likeness (QED) is 0.876. The fourth-order valence-corrected chi connectivity index (χ4v) is 2.13. The number of carbonyl (C=O) groups excluding carboxylic acids is 1. The first kappa shape index (κ1) is 15.8. The van der Waals surface area contributed by atoms with Crippen LogP contribution in [0.5, 0.6) is 0 Å². The summed E-state index contributed by atoms with van der Waals surface area (Å²) in [5.41, 5.74) is -1.12. The molecule has 19 heavy (non-hydrogen) atoms. The van der Waals surface area contributed by atoms with Crippen LogP contribution >= 0.6 is 23.2 Å². The summed E-state index contributed by atoms with van der Waals surface area (Å²) in [7, 11) is 0. The van der Waals surface area contributed by atoms with E-state index in [4.69, 9.17) is 23.2 Å². The molecule has 0 fully saturated rings. The molecule has 1 aromatic rings. The van der Waals surface area contributed by atoms with Gasteiger partial charge < -0.3 is 10.4 Å². The number of carbonyl (C=O) groups is 2. The molecule has 0 aromatic heterocycles. The third-order valence-electron chi connectivity index (χ3n) is 3.17. The molecule has 0 bridgehead atoms. The van der Waals surface area contributed by atoms with Gasteiger partial charge in [0.2, 0.25) is 0 Å². The Labute approximate surface area is 121 Å². The molecule has 1 amide bonds. The predicted octanol–water partition coefficient (Wildman–Crippen LogP) is 3.37. The summed E-state index contributed by atoms with van der Waals surface area (Å²) in [6, 6.07) is 4.65. The van der Waals surface area contributed by atoms with Crippen molar-refractivity contribution in [2.24, 2.45) is 0 Å². The van der Waals surface area contributed by atoms with Crippen molar-refractivity contribution in [1.29, 1.82) is 0 Å². The summed E-state index contributed by atoms with van der Waals surface area (Å²) in [6.45, 7) is 3.41. The number of hydrogen-bond donors (Lipinski definition) is 2. The van der Waals surface area contributed by atoms with Gasteiger partial charge in [0, 0.05) is 0 Å². The van der Waals surface area contributed by atoms with Gasteiger partial charge in [0.25, 0.3) is 5.91 Å². The highest BCUT2D eigenvalue weighted by molar-refractivity contribution is 6.43. The van der Waals surface area contributed by atoms with Crippen molar-refractivity contribution in [3.8, 4) is 0 Å². The lowest BCUT2D eigenvalue weighted by atomic mass is 9.92. The molecular formula is C13H15Cl2NO3. The highest BCUT2D eigenvalue weighted by atomic mass is 35.5. The maximum atomic E-state index is 12.1. The summed E-state index contributed by atoms with van der Waals surface area (Å²) < 4.78 is 0. The van der Waals surface area contributed by atoms with Crippen LogP contribution in [0.25, 0.3) is 0 Å². The zero-order valence-electron chi connectivity index (χ0n) is 10.7. The summed E-state index contributed by atoms with van der Waals surface area (Å²) in [5.74, 6) is -1.61. The van der Waals surface area contributed by atoms with E-state index in [0.29, 0.717) is 0 Å². The van der Waals surface area contributed by atoms with Crippen molar-refractivity contribution >= 4 is 35.1 Å². The van der Waals surface area contributed by atoms with Gasteiger partial charge in [0.15, 0.2) is 0 Å². The van der Waals surface area contributed by atoms with E-state index in [0.717, 1.165) is 0 Å². The zero-order valence-corrected chi connectivity index (χ0v) is 12.2. The molecule has 0 heterocycles. The van der Waals surface area contributed by atoms with E-state index in [1.807, 2.05) is 0 Å². The average Bonchev–Trinajstić information content (AvgIpc) is 2.38.